The summed E-state index contributed by atoms with van der Waals surface area (Å²) in [5.41, 5.74) is 8.55. The lowest BCUT2D eigenvalue weighted by atomic mass is 10.1. The van der Waals surface area contributed by atoms with Crippen molar-refractivity contribution in [3.8, 4) is 5.75 Å². The molecular weight excluding hydrogens is 482 g/mol. The Hall–Kier alpha value is -4.11. The van der Waals surface area contributed by atoms with Gasteiger partial charge in [0.05, 0.1) is 12.2 Å². The van der Waals surface area contributed by atoms with Crippen molar-refractivity contribution < 1.29 is 19.1 Å². The number of nitrogens with zero attached hydrogens (tertiary/aromatic N) is 2. The van der Waals surface area contributed by atoms with Gasteiger partial charge < -0.3 is 26.0 Å². The zero-order valence-corrected chi connectivity index (χ0v) is 20.5. The Bertz CT molecular complexity index is 1290. The molecule has 9 nitrogen and oxygen atoms in total. The minimum atomic E-state index is -0.725. The van der Waals surface area contributed by atoms with E-state index < -0.39 is 5.91 Å². The summed E-state index contributed by atoms with van der Waals surface area (Å²) in [6, 6.07) is 12.0. The summed E-state index contributed by atoms with van der Waals surface area (Å²) in [6.45, 7) is 6.52. The Morgan fingerprint density at radius 1 is 1.28 bits per heavy atom. The monoisotopic (exact) mass is 507 g/mol. The fourth-order valence-corrected chi connectivity index (χ4v) is 4.17. The second-order valence-electron chi connectivity index (χ2n) is 8.48. The van der Waals surface area contributed by atoms with Crippen molar-refractivity contribution in [2.24, 2.45) is 10.7 Å². The third-order valence-corrected chi connectivity index (χ3v) is 6.06. The van der Waals surface area contributed by atoms with Crippen LogP contribution in [0.15, 0.2) is 65.8 Å². The first-order chi connectivity index (χ1) is 17.2. The van der Waals surface area contributed by atoms with E-state index in [0.29, 0.717) is 52.9 Å². The van der Waals surface area contributed by atoms with E-state index in [4.69, 9.17) is 22.1 Å². The summed E-state index contributed by atoms with van der Waals surface area (Å²) >= 11 is 6.12. The average Bonchev–Trinajstić information content (AvgIpc) is 3.17. The van der Waals surface area contributed by atoms with Crippen LogP contribution in [0.5, 0.6) is 5.75 Å². The summed E-state index contributed by atoms with van der Waals surface area (Å²) in [5.74, 6) is -0.380. The smallest absolute Gasteiger partial charge is 0.267 e. The molecule has 4 N–H and O–H groups in total. The zero-order valence-electron chi connectivity index (χ0n) is 19.7. The van der Waals surface area contributed by atoms with Crippen molar-refractivity contribution in [2.45, 2.75) is 25.9 Å². The van der Waals surface area contributed by atoms with Crippen LogP contribution in [0.4, 0.5) is 5.69 Å². The third kappa shape index (κ3) is 5.75. The number of nitrogens with one attached hydrogen (secondary N) is 2. The maximum atomic E-state index is 12.7. The number of carbonyl (C=O) groups is 3. The molecule has 4 rings (SSSR count). The van der Waals surface area contributed by atoms with Crippen LogP contribution in [-0.2, 0) is 20.9 Å². The van der Waals surface area contributed by atoms with E-state index in [9.17, 15) is 14.4 Å². The molecular formula is C26H26ClN5O4. The molecule has 2 heterocycles. The molecule has 1 saturated heterocycles. The highest BCUT2D eigenvalue weighted by atomic mass is 35.5. The molecule has 0 radical (unpaired) electrons. The molecule has 1 unspecified atom stereocenters. The Morgan fingerprint density at radius 3 is 2.69 bits per heavy atom. The second-order valence-corrected chi connectivity index (χ2v) is 8.92. The van der Waals surface area contributed by atoms with Crippen LogP contribution in [0, 0.1) is 0 Å². The summed E-state index contributed by atoms with van der Waals surface area (Å²) < 4.78 is 5.62. The molecule has 2 aromatic rings. The molecule has 2 aliphatic heterocycles. The molecule has 0 bridgehead atoms. The van der Waals surface area contributed by atoms with E-state index in [1.807, 2.05) is 0 Å². The number of carbonyl (C=O) groups excluding carboxylic acids is 3. The summed E-state index contributed by atoms with van der Waals surface area (Å²) in [6.07, 6.45) is 2.14. The van der Waals surface area contributed by atoms with Crippen molar-refractivity contribution in [1.29, 1.82) is 0 Å². The summed E-state index contributed by atoms with van der Waals surface area (Å²) in [7, 11) is 0. The molecule has 2 aliphatic rings. The number of allylic oxidation sites excluding steroid dienone is 1. The first-order valence-electron chi connectivity index (χ1n) is 11.3. The predicted molar refractivity (Wildman–Crippen MR) is 139 cm³/mol. The molecule has 0 spiro atoms. The highest BCUT2D eigenvalue weighted by molar-refractivity contribution is 6.43. The van der Waals surface area contributed by atoms with E-state index in [1.54, 1.807) is 54.3 Å². The second kappa shape index (κ2) is 10.7. The number of hydrogen-bond donors (Lipinski definition) is 3. The standard InChI is InChI=1S/C26H26ClN5O4/c1-15(30-21-9-10-29-26(21)35)11-22(25(28)34)31-16(2)17-3-6-20(7-4-17)32-13-18-12-19(27)5-8-23(18)36-14-24(32)33/h3-8,11-12,21,30H,2,9-10,13-14H2,1H3,(H2,28,34)(H,29,35)/b15-11+,31-22?. The number of primary amides is 1. The lowest BCUT2D eigenvalue weighted by Crippen LogP contribution is -2.35. The van der Waals surface area contributed by atoms with Gasteiger partial charge in [0.15, 0.2) is 6.61 Å². The fraction of sp³-hybridized carbons (Fsp3) is 0.231. The average molecular weight is 508 g/mol. The molecule has 0 aromatic heterocycles. The van der Waals surface area contributed by atoms with Crippen molar-refractivity contribution in [3.05, 3.63) is 77.0 Å². The Morgan fingerprint density at radius 2 is 2.03 bits per heavy atom. The van der Waals surface area contributed by atoms with Crippen molar-refractivity contribution in [2.75, 3.05) is 18.1 Å². The fourth-order valence-electron chi connectivity index (χ4n) is 3.98. The molecule has 36 heavy (non-hydrogen) atoms. The molecule has 2 aromatic carbocycles. The minimum Gasteiger partial charge on any atom is -0.483 e. The molecule has 0 aliphatic carbocycles. The van der Waals surface area contributed by atoms with Crippen LogP contribution >= 0.6 is 11.6 Å². The molecule has 1 fully saturated rings. The lowest BCUT2D eigenvalue weighted by Gasteiger charge is -2.20. The Kier molecular flexibility index (Phi) is 7.40. The van der Waals surface area contributed by atoms with Gasteiger partial charge in [0.2, 0.25) is 5.91 Å². The van der Waals surface area contributed by atoms with Gasteiger partial charge in [-0.3, -0.25) is 14.4 Å². The minimum absolute atomic E-state index is 0.000752. The van der Waals surface area contributed by atoms with Crippen LogP contribution in [0.3, 0.4) is 0 Å². The summed E-state index contributed by atoms with van der Waals surface area (Å²) in [5, 5.41) is 6.37. The largest absolute Gasteiger partial charge is 0.483 e. The normalized spacial score (nSPS) is 18.2. The van der Waals surface area contributed by atoms with E-state index in [2.05, 4.69) is 22.2 Å². The van der Waals surface area contributed by atoms with Crippen LogP contribution in [0.25, 0.3) is 5.70 Å². The maximum absolute atomic E-state index is 12.7. The highest BCUT2D eigenvalue weighted by Gasteiger charge is 2.24. The number of benzene rings is 2. The van der Waals surface area contributed by atoms with Crippen molar-refractivity contribution >= 4 is 46.4 Å². The van der Waals surface area contributed by atoms with Gasteiger partial charge in [0.1, 0.15) is 17.5 Å². The number of amides is 3. The van der Waals surface area contributed by atoms with Crippen LogP contribution in [0.1, 0.15) is 24.5 Å². The van der Waals surface area contributed by atoms with Gasteiger partial charge in [-0.05, 0) is 55.3 Å². The number of hydrogen-bond acceptors (Lipinski definition) is 6. The van der Waals surface area contributed by atoms with Gasteiger partial charge in [0, 0.05) is 28.5 Å². The zero-order chi connectivity index (χ0) is 25.8. The number of halogens is 1. The van der Waals surface area contributed by atoms with Crippen LogP contribution < -0.4 is 26.0 Å². The van der Waals surface area contributed by atoms with Gasteiger partial charge >= 0.3 is 0 Å². The molecule has 10 heteroatoms. The SMILES string of the molecule is C=C(N=C(/C=C(\C)NC1CCNC1=O)C(N)=O)c1ccc(N2Cc3cc(Cl)ccc3OCC2=O)cc1. The van der Waals surface area contributed by atoms with Crippen molar-refractivity contribution in [3.63, 3.8) is 0 Å². The number of fused-ring (bicyclic) bond motifs is 1. The Balaban J connectivity index is 1.51. The topological polar surface area (TPSA) is 126 Å². The number of anilines is 1. The van der Waals surface area contributed by atoms with E-state index >= 15 is 0 Å². The van der Waals surface area contributed by atoms with Crippen LogP contribution in [-0.4, -0.2) is 42.6 Å². The quantitative estimate of drug-likeness (QED) is 0.496. The van der Waals surface area contributed by atoms with E-state index in [1.165, 1.54) is 6.08 Å². The number of rotatable bonds is 7. The maximum Gasteiger partial charge on any atom is 0.267 e. The van der Waals surface area contributed by atoms with Gasteiger partial charge in [-0.1, -0.05) is 30.3 Å². The number of ether oxygens (including phenoxy) is 1. The predicted octanol–water partition coefficient (Wildman–Crippen LogP) is 2.54. The third-order valence-electron chi connectivity index (χ3n) is 5.83. The van der Waals surface area contributed by atoms with E-state index in [0.717, 1.165) is 5.56 Å². The Labute approximate surface area is 213 Å². The summed E-state index contributed by atoms with van der Waals surface area (Å²) in [4.78, 5) is 42.4. The number of nitrogens with two attached hydrogens (primary N) is 1. The molecule has 186 valence electrons. The van der Waals surface area contributed by atoms with E-state index in [-0.39, 0.29) is 30.2 Å². The van der Waals surface area contributed by atoms with Crippen molar-refractivity contribution in [1.82, 2.24) is 10.6 Å². The van der Waals surface area contributed by atoms with Gasteiger partial charge in [0.25, 0.3) is 11.8 Å². The van der Waals surface area contributed by atoms with Gasteiger partial charge in [-0.25, -0.2) is 4.99 Å². The van der Waals surface area contributed by atoms with Gasteiger partial charge in [-0.15, -0.1) is 0 Å². The van der Waals surface area contributed by atoms with Gasteiger partial charge in [-0.2, -0.15) is 0 Å². The number of aliphatic imine (C=N–C) groups is 1. The molecule has 0 saturated carbocycles. The highest BCUT2D eigenvalue weighted by Crippen LogP contribution is 2.30. The molecule has 3 amide bonds. The van der Waals surface area contributed by atoms with Crippen LogP contribution in [0.2, 0.25) is 5.02 Å². The first-order valence-corrected chi connectivity index (χ1v) is 11.7. The lowest BCUT2D eigenvalue weighted by molar-refractivity contribution is -0.121. The molecule has 1 atom stereocenters. The first kappa shape index (κ1) is 25.0.